The van der Waals surface area contributed by atoms with E-state index in [1.807, 2.05) is 45.9 Å². The second-order valence-electron chi connectivity index (χ2n) is 6.75. The molecule has 2 aromatic carbocycles. The smallest absolute Gasteiger partial charge is 0.255 e. The molecule has 0 aliphatic heterocycles. The maximum absolute atomic E-state index is 13.1. The van der Waals surface area contributed by atoms with Gasteiger partial charge in [-0.2, -0.15) is 0 Å². The predicted octanol–water partition coefficient (Wildman–Crippen LogP) is 5.57. The summed E-state index contributed by atoms with van der Waals surface area (Å²) in [4.78, 5) is 13.1. The number of ether oxygens (including phenoxy) is 3. The van der Waals surface area contributed by atoms with Crippen molar-refractivity contribution in [3.8, 4) is 17.2 Å². The van der Waals surface area contributed by atoms with Crippen LogP contribution in [0.4, 0.5) is 5.69 Å². The van der Waals surface area contributed by atoms with Gasteiger partial charge in [0.05, 0.1) is 19.8 Å². The van der Waals surface area contributed by atoms with Gasteiger partial charge in [0.25, 0.3) is 5.91 Å². The Morgan fingerprint density at radius 2 is 1.54 bits per heavy atom. The molecular weight excluding hydrogens is 354 g/mol. The monoisotopic (exact) mass is 385 g/mol. The average molecular weight is 386 g/mol. The quantitative estimate of drug-likeness (QED) is 0.613. The first-order valence-electron chi connectivity index (χ1n) is 9.90. The molecule has 0 saturated carbocycles. The van der Waals surface area contributed by atoms with E-state index in [0.29, 0.717) is 48.6 Å². The molecule has 0 spiro atoms. The number of rotatable bonds is 9. The zero-order valence-corrected chi connectivity index (χ0v) is 17.7. The minimum atomic E-state index is -0.207. The highest BCUT2D eigenvalue weighted by Crippen LogP contribution is 2.39. The maximum atomic E-state index is 13.1. The third kappa shape index (κ3) is 4.97. The van der Waals surface area contributed by atoms with Gasteiger partial charge in [-0.25, -0.2) is 0 Å². The number of benzene rings is 2. The Morgan fingerprint density at radius 1 is 0.964 bits per heavy atom. The van der Waals surface area contributed by atoms with Gasteiger partial charge in [0.2, 0.25) is 5.75 Å². The molecule has 2 rings (SSSR count). The molecular formula is C23H31NO4. The van der Waals surface area contributed by atoms with Gasteiger partial charge in [0.1, 0.15) is 0 Å². The third-order valence-electron chi connectivity index (χ3n) is 4.34. The van der Waals surface area contributed by atoms with Crippen molar-refractivity contribution in [3.63, 3.8) is 0 Å². The molecule has 28 heavy (non-hydrogen) atoms. The lowest BCUT2D eigenvalue weighted by Gasteiger charge is -2.19. The molecule has 0 fully saturated rings. The fourth-order valence-corrected chi connectivity index (χ4v) is 3.05. The SMILES string of the molecule is CCOc1cc(C(=O)Nc2c(C)cccc2C(C)C)cc(OCC)c1OCC. The van der Waals surface area contributed by atoms with Crippen LogP contribution in [0.2, 0.25) is 0 Å². The topological polar surface area (TPSA) is 56.8 Å². The minimum Gasteiger partial charge on any atom is -0.490 e. The highest BCUT2D eigenvalue weighted by atomic mass is 16.5. The molecule has 152 valence electrons. The van der Waals surface area contributed by atoms with E-state index in [4.69, 9.17) is 14.2 Å². The molecule has 0 aliphatic rings. The fraction of sp³-hybridized carbons (Fsp3) is 0.435. The van der Waals surface area contributed by atoms with E-state index in [0.717, 1.165) is 16.8 Å². The van der Waals surface area contributed by atoms with E-state index in [-0.39, 0.29) is 5.91 Å². The number of amides is 1. The van der Waals surface area contributed by atoms with Crippen LogP contribution in [0.25, 0.3) is 0 Å². The standard InChI is InChI=1S/C23H31NO4/c1-7-26-19-13-17(14-20(27-8-2)22(19)28-9-3)23(25)24-21-16(6)11-10-12-18(21)15(4)5/h10-15H,7-9H2,1-6H3,(H,24,25). The third-order valence-corrected chi connectivity index (χ3v) is 4.34. The van der Waals surface area contributed by atoms with Crippen molar-refractivity contribution in [1.82, 2.24) is 0 Å². The Hall–Kier alpha value is -2.69. The van der Waals surface area contributed by atoms with Crippen LogP contribution < -0.4 is 19.5 Å². The second-order valence-corrected chi connectivity index (χ2v) is 6.75. The first-order chi connectivity index (χ1) is 13.4. The van der Waals surface area contributed by atoms with Crippen LogP contribution in [0.15, 0.2) is 30.3 Å². The molecule has 0 heterocycles. The lowest BCUT2D eigenvalue weighted by Crippen LogP contribution is -2.15. The molecule has 0 bridgehead atoms. The van der Waals surface area contributed by atoms with Gasteiger partial charge in [-0.1, -0.05) is 32.0 Å². The van der Waals surface area contributed by atoms with Crippen molar-refractivity contribution >= 4 is 11.6 Å². The summed E-state index contributed by atoms with van der Waals surface area (Å²) in [5.74, 6) is 1.64. The van der Waals surface area contributed by atoms with E-state index in [2.05, 4.69) is 19.2 Å². The normalized spacial score (nSPS) is 10.7. The van der Waals surface area contributed by atoms with Crippen molar-refractivity contribution in [2.75, 3.05) is 25.1 Å². The summed E-state index contributed by atoms with van der Waals surface area (Å²) in [6.07, 6.45) is 0. The van der Waals surface area contributed by atoms with Gasteiger partial charge < -0.3 is 19.5 Å². The average Bonchev–Trinajstić information content (AvgIpc) is 2.65. The predicted molar refractivity (Wildman–Crippen MR) is 113 cm³/mol. The van der Waals surface area contributed by atoms with Gasteiger partial charge in [-0.15, -0.1) is 0 Å². The number of hydrogen-bond donors (Lipinski definition) is 1. The lowest BCUT2D eigenvalue weighted by atomic mass is 9.98. The first-order valence-corrected chi connectivity index (χ1v) is 9.90. The number of anilines is 1. The van der Waals surface area contributed by atoms with Crippen LogP contribution in [0.5, 0.6) is 17.2 Å². The fourth-order valence-electron chi connectivity index (χ4n) is 3.05. The highest BCUT2D eigenvalue weighted by molar-refractivity contribution is 6.06. The number of carbonyl (C=O) groups excluding carboxylic acids is 1. The molecule has 1 N–H and O–H groups in total. The molecule has 0 unspecified atom stereocenters. The van der Waals surface area contributed by atoms with Crippen molar-refractivity contribution in [2.24, 2.45) is 0 Å². The van der Waals surface area contributed by atoms with E-state index in [1.165, 1.54) is 0 Å². The number of nitrogens with one attached hydrogen (secondary N) is 1. The molecule has 5 nitrogen and oxygen atoms in total. The summed E-state index contributed by atoms with van der Waals surface area (Å²) in [6.45, 7) is 13.3. The van der Waals surface area contributed by atoms with Crippen molar-refractivity contribution < 1.29 is 19.0 Å². The summed E-state index contributed by atoms with van der Waals surface area (Å²) in [5.41, 5.74) is 3.45. The van der Waals surface area contributed by atoms with Crippen molar-refractivity contribution in [1.29, 1.82) is 0 Å². The first kappa shape index (κ1) is 21.6. The Balaban J connectivity index is 2.46. The number of para-hydroxylation sites is 1. The molecule has 5 heteroatoms. The zero-order valence-electron chi connectivity index (χ0n) is 17.7. The zero-order chi connectivity index (χ0) is 20.7. The number of aryl methyl sites for hydroxylation is 1. The van der Waals surface area contributed by atoms with Crippen molar-refractivity contribution in [2.45, 2.75) is 47.5 Å². The Morgan fingerprint density at radius 3 is 2.04 bits per heavy atom. The van der Waals surface area contributed by atoms with Gasteiger partial charge in [-0.05, 0) is 56.9 Å². The van der Waals surface area contributed by atoms with Crippen LogP contribution >= 0.6 is 0 Å². The summed E-state index contributed by atoms with van der Waals surface area (Å²) in [6, 6.07) is 9.47. The molecule has 0 atom stereocenters. The minimum absolute atomic E-state index is 0.207. The van der Waals surface area contributed by atoms with Crippen LogP contribution in [-0.4, -0.2) is 25.7 Å². The molecule has 0 aliphatic carbocycles. The van der Waals surface area contributed by atoms with Gasteiger partial charge >= 0.3 is 0 Å². The summed E-state index contributed by atoms with van der Waals surface area (Å²) in [7, 11) is 0. The Kier molecular flexibility index (Phi) is 7.73. The molecule has 0 saturated heterocycles. The van der Waals surface area contributed by atoms with Gasteiger partial charge in [0, 0.05) is 11.3 Å². The number of carbonyl (C=O) groups is 1. The van der Waals surface area contributed by atoms with E-state index >= 15 is 0 Å². The number of hydrogen-bond acceptors (Lipinski definition) is 4. The van der Waals surface area contributed by atoms with E-state index in [1.54, 1.807) is 12.1 Å². The summed E-state index contributed by atoms with van der Waals surface area (Å²) in [5, 5.41) is 3.08. The van der Waals surface area contributed by atoms with E-state index < -0.39 is 0 Å². The Labute approximate surface area is 168 Å². The van der Waals surface area contributed by atoms with Crippen molar-refractivity contribution in [3.05, 3.63) is 47.0 Å². The molecule has 0 aromatic heterocycles. The van der Waals surface area contributed by atoms with Crippen LogP contribution in [-0.2, 0) is 0 Å². The largest absolute Gasteiger partial charge is 0.490 e. The van der Waals surface area contributed by atoms with Crippen LogP contribution in [0, 0.1) is 6.92 Å². The van der Waals surface area contributed by atoms with Crippen LogP contribution in [0.3, 0.4) is 0 Å². The summed E-state index contributed by atoms with van der Waals surface area (Å²) >= 11 is 0. The maximum Gasteiger partial charge on any atom is 0.255 e. The molecule has 0 radical (unpaired) electrons. The Bertz CT molecular complexity index is 787. The summed E-state index contributed by atoms with van der Waals surface area (Å²) < 4.78 is 17.2. The molecule has 2 aromatic rings. The lowest BCUT2D eigenvalue weighted by molar-refractivity contribution is 0.102. The van der Waals surface area contributed by atoms with Crippen LogP contribution in [0.1, 0.15) is 62.0 Å². The van der Waals surface area contributed by atoms with E-state index in [9.17, 15) is 4.79 Å². The highest BCUT2D eigenvalue weighted by Gasteiger charge is 2.20. The molecule has 1 amide bonds. The second kappa shape index (κ2) is 10.0. The van der Waals surface area contributed by atoms with Gasteiger partial charge in [-0.3, -0.25) is 4.79 Å². The van der Waals surface area contributed by atoms with Gasteiger partial charge in [0.15, 0.2) is 11.5 Å².